The highest BCUT2D eigenvalue weighted by Gasteiger charge is 2.43. The maximum atomic E-state index is 12.4. The largest absolute Gasteiger partial charge is 0.497 e. The number of methoxy groups -OCH3 is 1. The fourth-order valence-corrected chi connectivity index (χ4v) is 4.44. The molecule has 1 aromatic carbocycles. The molecule has 1 atom stereocenters. The second-order valence-electron chi connectivity index (χ2n) is 8.73. The summed E-state index contributed by atoms with van der Waals surface area (Å²) < 4.78 is 5.26. The molecule has 0 bridgehead atoms. The van der Waals surface area contributed by atoms with Crippen LogP contribution in [0.15, 0.2) is 24.3 Å². The molecule has 150 valence electrons. The van der Waals surface area contributed by atoms with Crippen LogP contribution in [-0.2, 0) is 6.54 Å². The molecule has 3 rings (SSSR count). The van der Waals surface area contributed by atoms with Gasteiger partial charge in [0, 0.05) is 56.9 Å². The van der Waals surface area contributed by atoms with Crippen LogP contribution in [0.5, 0.6) is 5.75 Å². The van der Waals surface area contributed by atoms with E-state index in [4.69, 9.17) is 4.74 Å². The zero-order valence-electron chi connectivity index (χ0n) is 17.4. The first-order valence-electron chi connectivity index (χ1n) is 9.96. The second kappa shape index (κ2) is 8.07. The lowest BCUT2D eigenvalue weighted by Crippen LogP contribution is -2.70. The van der Waals surface area contributed by atoms with Crippen molar-refractivity contribution >= 4 is 6.03 Å². The number of hydrogen-bond donors (Lipinski definition) is 1. The number of rotatable bonds is 4. The van der Waals surface area contributed by atoms with E-state index in [-0.39, 0.29) is 17.6 Å². The summed E-state index contributed by atoms with van der Waals surface area (Å²) in [6, 6.07) is 8.94. The second-order valence-corrected chi connectivity index (χ2v) is 8.73. The van der Waals surface area contributed by atoms with Gasteiger partial charge in [-0.25, -0.2) is 4.79 Å². The zero-order valence-corrected chi connectivity index (χ0v) is 17.4. The highest BCUT2D eigenvalue weighted by atomic mass is 16.5. The first kappa shape index (κ1) is 20.0. The lowest BCUT2D eigenvalue weighted by Gasteiger charge is -2.55. The third-order valence-electron chi connectivity index (χ3n) is 5.60. The zero-order chi connectivity index (χ0) is 19.6. The standard InChI is InChI=1S/C21H34N4O2/c1-16(2)22-20(26)24-10-11-25-18(14-24)13-23(15-21(25,3)4)12-17-6-8-19(27-5)9-7-17/h6-9,16,18H,10-15H2,1-5H3,(H,22,26)/t18-/m1/s1. The monoisotopic (exact) mass is 374 g/mol. The quantitative estimate of drug-likeness (QED) is 0.879. The molecule has 27 heavy (non-hydrogen) atoms. The van der Waals surface area contributed by atoms with Gasteiger partial charge in [0.2, 0.25) is 0 Å². The summed E-state index contributed by atoms with van der Waals surface area (Å²) in [7, 11) is 1.70. The van der Waals surface area contributed by atoms with Crippen LogP contribution in [0.4, 0.5) is 4.79 Å². The minimum atomic E-state index is 0.0646. The van der Waals surface area contributed by atoms with Crippen molar-refractivity contribution in [3.8, 4) is 5.75 Å². The number of ether oxygens (including phenoxy) is 1. The highest BCUT2D eigenvalue weighted by Crippen LogP contribution is 2.29. The van der Waals surface area contributed by atoms with Crippen molar-refractivity contribution in [1.29, 1.82) is 0 Å². The summed E-state index contributed by atoms with van der Waals surface area (Å²) in [5, 5.41) is 3.03. The predicted octanol–water partition coefficient (Wildman–Crippen LogP) is 2.39. The first-order chi connectivity index (χ1) is 12.8. The van der Waals surface area contributed by atoms with Gasteiger partial charge in [0.15, 0.2) is 0 Å². The molecule has 0 saturated carbocycles. The molecular weight excluding hydrogens is 340 g/mol. The van der Waals surface area contributed by atoms with Gasteiger partial charge < -0.3 is 15.0 Å². The molecule has 1 aromatic rings. The van der Waals surface area contributed by atoms with Crippen molar-refractivity contribution in [3.63, 3.8) is 0 Å². The average Bonchev–Trinajstić information content (AvgIpc) is 2.60. The van der Waals surface area contributed by atoms with E-state index >= 15 is 0 Å². The molecule has 2 heterocycles. The Balaban J connectivity index is 1.66. The van der Waals surface area contributed by atoms with E-state index < -0.39 is 0 Å². The Morgan fingerprint density at radius 3 is 2.56 bits per heavy atom. The molecule has 1 N–H and O–H groups in total. The summed E-state index contributed by atoms with van der Waals surface area (Å²) in [5.41, 5.74) is 1.40. The van der Waals surface area contributed by atoms with Crippen LogP contribution in [0.1, 0.15) is 33.3 Å². The van der Waals surface area contributed by atoms with Crippen LogP contribution >= 0.6 is 0 Å². The molecule has 6 nitrogen and oxygen atoms in total. The number of fused-ring (bicyclic) bond motifs is 1. The summed E-state index contributed by atoms with van der Waals surface area (Å²) >= 11 is 0. The summed E-state index contributed by atoms with van der Waals surface area (Å²) in [6.07, 6.45) is 0. The normalized spacial score (nSPS) is 23.2. The first-order valence-corrected chi connectivity index (χ1v) is 9.96. The number of piperazine rings is 2. The smallest absolute Gasteiger partial charge is 0.317 e. The van der Waals surface area contributed by atoms with Crippen molar-refractivity contribution in [3.05, 3.63) is 29.8 Å². The van der Waals surface area contributed by atoms with Crippen molar-refractivity contribution in [2.45, 2.75) is 51.9 Å². The number of urea groups is 1. The molecule has 0 radical (unpaired) electrons. The van der Waals surface area contributed by atoms with E-state index in [0.717, 1.165) is 45.0 Å². The van der Waals surface area contributed by atoms with E-state index in [1.807, 2.05) is 30.9 Å². The Morgan fingerprint density at radius 1 is 1.22 bits per heavy atom. The number of carbonyl (C=O) groups excluding carboxylic acids is 1. The average molecular weight is 375 g/mol. The van der Waals surface area contributed by atoms with E-state index in [1.54, 1.807) is 7.11 Å². The number of nitrogens with one attached hydrogen (secondary N) is 1. The van der Waals surface area contributed by atoms with E-state index in [0.29, 0.717) is 6.04 Å². The number of hydrogen-bond acceptors (Lipinski definition) is 4. The Morgan fingerprint density at radius 2 is 1.93 bits per heavy atom. The van der Waals surface area contributed by atoms with E-state index in [2.05, 4.69) is 41.1 Å². The molecule has 0 aromatic heterocycles. The van der Waals surface area contributed by atoms with Gasteiger partial charge in [0.1, 0.15) is 5.75 Å². The maximum absolute atomic E-state index is 12.4. The number of nitrogens with zero attached hydrogens (tertiary/aromatic N) is 3. The minimum Gasteiger partial charge on any atom is -0.497 e. The van der Waals surface area contributed by atoms with Crippen molar-refractivity contribution in [1.82, 2.24) is 20.0 Å². The lowest BCUT2D eigenvalue weighted by atomic mass is 9.92. The third kappa shape index (κ3) is 4.74. The van der Waals surface area contributed by atoms with Crippen molar-refractivity contribution < 1.29 is 9.53 Å². The molecule has 0 unspecified atom stereocenters. The molecular formula is C21H34N4O2. The molecule has 2 amide bonds. The number of amides is 2. The highest BCUT2D eigenvalue weighted by molar-refractivity contribution is 5.74. The van der Waals surface area contributed by atoms with Crippen LogP contribution in [0, 0.1) is 0 Å². The Kier molecular flexibility index (Phi) is 5.96. The van der Waals surface area contributed by atoms with Crippen LogP contribution < -0.4 is 10.1 Å². The lowest BCUT2D eigenvalue weighted by molar-refractivity contribution is -0.0591. The molecule has 2 aliphatic heterocycles. The van der Waals surface area contributed by atoms with Crippen LogP contribution in [-0.4, -0.2) is 78.2 Å². The third-order valence-corrected chi connectivity index (χ3v) is 5.60. The Labute approximate surface area is 163 Å². The van der Waals surface area contributed by atoms with Crippen molar-refractivity contribution in [2.24, 2.45) is 0 Å². The number of carbonyl (C=O) groups is 1. The molecule has 2 aliphatic rings. The van der Waals surface area contributed by atoms with Gasteiger partial charge in [-0.15, -0.1) is 0 Å². The predicted molar refractivity (Wildman–Crippen MR) is 108 cm³/mol. The number of benzene rings is 1. The summed E-state index contributed by atoms with van der Waals surface area (Å²) in [4.78, 5) is 19.5. The van der Waals surface area contributed by atoms with Crippen LogP contribution in [0.3, 0.4) is 0 Å². The minimum absolute atomic E-state index is 0.0646. The Hall–Kier alpha value is -1.79. The topological polar surface area (TPSA) is 48.1 Å². The fraction of sp³-hybridized carbons (Fsp3) is 0.667. The maximum Gasteiger partial charge on any atom is 0.317 e. The summed E-state index contributed by atoms with van der Waals surface area (Å²) in [6.45, 7) is 14.2. The van der Waals surface area contributed by atoms with Crippen molar-refractivity contribution in [2.75, 3.05) is 39.8 Å². The van der Waals surface area contributed by atoms with Gasteiger partial charge in [-0.3, -0.25) is 9.80 Å². The van der Waals surface area contributed by atoms with Gasteiger partial charge in [-0.1, -0.05) is 12.1 Å². The SMILES string of the molecule is COc1ccc(CN2C[C@@H]3CN(C(=O)NC(C)C)CCN3C(C)(C)C2)cc1. The van der Waals surface area contributed by atoms with Crippen LogP contribution in [0.2, 0.25) is 0 Å². The molecule has 2 saturated heterocycles. The Bertz CT molecular complexity index is 644. The summed E-state index contributed by atoms with van der Waals surface area (Å²) in [5.74, 6) is 0.892. The molecule has 6 heteroatoms. The molecule has 0 aliphatic carbocycles. The van der Waals surface area contributed by atoms with E-state index in [1.165, 1.54) is 5.56 Å². The molecule has 0 spiro atoms. The van der Waals surface area contributed by atoms with Gasteiger partial charge in [-0.05, 0) is 45.4 Å². The van der Waals surface area contributed by atoms with Gasteiger partial charge in [-0.2, -0.15) is 0 Å². The van der Waals surface area contributed by atoms with E-state index in [9.17, 15) is 4.79 Å². The fourth-order valence-electron chi connectivity index (χ4n) is 4.44. The molecule has 2 fully saturated rings. The van der Waals surface area contributed by atoms with Gasteiger partial charge in [0.05, 0.1) is 7.11 Å². The van der Waals surface area contributed by atoms with Gasteiger partial charge >= 0.3 is 6.03 Å². The van der Waals surface area contributed by atoms with Gasteiger partial charge in [0.25, 0.3) is 0 Å². The van der Waals surface area contributed by atoms with Crippen LogP contribution in [0.25, 0.3) is 0 Å².